The highest BCUT2D eigenvalue weighted by Gasteiger charge is 2.34. The molecule has 1 aliphatic carbocycles. The smallest absolute Gasteiger partial charge is 0.223 e. The number of hydrogen-bond acceptors (Lipinski definition) is 5. The first-order valence-corrected chi connectivity index (χ1v) is 12.1. The Balaban J connectivity index is 1.20. The molecule has 1 fully saturated rings. The largest absolute Gasteiger partial charge is 0.351 e. The van der Waals surface area contributed by atoms with Gasteiger partial charge in [0.2, 0.25) is 5.91 Å². The van der Waals surface area contributed by atoms with E-state index in [0.717, 1.165) is 59.5 Å². The van der Waals surface area contributed by atoms with Crippen LogP contribution in [0.4, 0.5) is 0 Å². The van der Waals surface area contributed by atoms with Gasteiger partial charge in [0.25, 0.3) is 0 Å². The minimum atomic E-state index is -0.0250. The van der Waals surface area contributed by atoms with Gasteiger partial charge in [-0.25, -0.2) is 4.98 Å². The van der Waals surface area contributed by atoms with Crippen LogP contribution in [0, 0.1) is 5.92 Å². The maximum atomic E-state index is 13.3. The minimum Gasteiger partial charge on any atom is -0.351 e. The van der Waals surface area contributed by atoms with E-state index in [1.54, 1.807) is 11.3 Å². The Labute approximate surface area is 190 Å². The number of rotatable bonds is 4. The number of carbonyl (C=O) groups excluding carboxylic acids is 1. The predicted molar refractivity (Wildman–Crippen MR) is 127 cm³/mol. The first-order chi connectivity index (χ1) is 15.8. The van der Waals surface area contributed by atoms with Crippen LogP contribution in [0.3, 0.4) is 0 Å². The molecule has 3 atom stereocenters. The summed E-state index contributed by atoms with van der Waals surface area (Å²) >= 11 is 1.64. The molecule has 4 aromatic rings. The van der Waals surface area contributed by atoms with Crippen molar-refractivity contribution in [1.29, 1.82) is 0 Å². The number of aromatic amines is 1. The van der Waals surface area contributed by atoms with Crippen molar-refractivity contribution < 1.29 is 4.79 Å². The number of fused-ring (bicyclic) bond motifs is 2. The third kappa shape index (κ3) is 3.51. The summed E-state index contributed by atoms with van der Waals surface area (Å²) in [6.07, 6.45) is 2.43. The molecule has 0 saturated carbocycles. The number of amides is 1. The fourth-order valence-electron chi connectivity index (χ4n) is 5.14. The van der Waals surface area contributed by atoms with Crippen LogP contribution in [0.1, 0.15) is 29.2 Å². The van der Waals surface area contributed by atoms with E-state index in [1.807, 2.05) is 17.6 Å². The molecule has 32 heavy (non-hydrogen) atoms. The van der Waals surface area contributed by atoms with Gasteiger partial charge in [0.1, 0.15) is 0 Å². The van der Waals surface area contributed by atoms with Crippen LogP contribution in [0.15, 0.2) is 54.0 Å². The van der Waals surface area contributed by atoms with Crippen molar-refractivity contribution in [3.8, 4) is 11.3 Å². The number of thiazole rings is 1. The molecule has 6 rings (SSSR count). The molecule has 1 unspecified atom stereocenters. The summed E-state index contributed by atoms with van der Waals surface area (Å²) in [7, 11) is 0. The Hall–Kier alpha value is -3.03. The van der Waals surface area contributed by atoms with Gasteiger partial charge < -0.3 is 10.6 Å². The van der Waals surface area contributed by atoms with E-state index in [1.165, 1.54) is 11.1 Å². The lowest BCUT2D eigenvalue weighted by Crippen LogP contribution is -2.43. The monoisotopic (exact) mass is 443 g/mol. The number of nitrogens with one attached hydrogen (secondary N) is 3. The number of carbonyl (C=O) groups is 1. The third-order valence-corrected chi connectivity index (χ3v) is 7.68. The summed E-state index contributed by atoms with van der Waals surface area (Å²) in [5.41, 5.74) is 8.57. The van der Waals surface area contributed by atoms with Gasteiger partial charge >= 0.3 is 0 Å². The van der Waals surface area contributed by atoms with Crippen molar-refractivity contribution in [2.75, 3.05) is 13.1 Å². The molecule has 6 nitrogen and oxygen atoms in total. The second kappa shape index (κ2) is 8.15. The van der Waals surface area contributed by atoms with Crippen molar-refractivity contribution in [2.45, 2.75) is 31.2 Å². The lowest BCUT2D eigenvalue weighted by atomic mass is 9.84. The maximum Gasteiger partial charge on any atom is 0.223 e. The number of nitrogens with zero attached hydrogens (tertiary/aromatic N) is 2. The highest BCUT2D eigenvalue weighted by Crippen LogP contribution is 2.34. The summed E-state index contributed by atoms with van der Waals surface area (Å²) in [5.74, 6) is 0.452. The van der Waals surface area contributed by atoms with Gasteiger partial charge in [-0.3, -0.25) is 9.89 Å². The fraction of sp³-hybridized carbons (Fsp3) is 0.320. The summed E-state index contributed by atoms with van der Waals surface area (Å²) in [4.78, 5) is 17.6. The van der Waals surface area contributed by atoms with E-state index in [9.17, 15) is 4.79 Å². The first kappa shape index (κ1) is 19.6. The number of H-pyrrole nitrogens is 1. The van der Waals surface area contributed by atoms with E-state index in [-0.39, 0.29) is 17.9 Å². The second-order valence-electron chi connectivity index (χ2n) is 8.79. The number of aryl methyl sites for hydroxylation is 1. The van der Waals surface area contributed by atoms with Crippen LogP contribution < -0.4 is 10.6 Å². The van der Waals surface area contributed by atoms with Gasteiger partial charge in [-0.05, 0) is 37.0 Å². The molecule has 1 amide bonds. The Morgan fingerprint density at radius 3 is 2.94 bits per heavy atom. The Morgan fingerprint density at radius 2 is 2.03 bits per heavy atom. The van der Waals surface area contributed by atoms with Crippen LogP contribution in [-0.2, 0) is 17.6 Å². The highest BCUT2D eigenvalue weighted by atomic mass is 32.1. The molecule has 1 saturated heterocycles. The Kier molecular flexibility index (Phi) is 5.00. The van der Waals surface area contributed by atoms with E-state index >= 15 is 0 Å². The lowest BCUT2D eigenvalue weighted by molar-refractivity contribution is -0.126. The number of hydrogen-bond donors (Lipinski definition) is 3. The van der Waals surface area contributed by atoms with Crippen molar-refractivity contribution >= 4 is 27.5 Å². The first-order valence-electron chi connectivity index (χ1n) is 11.2. The van der Waals surface area contributed by atoms with Crippen molar-refractivity contribution in [2.24, 2.45) is 5.92 Å². The predicted octanol–water partition coefficient (Wildman–Crippen LogP) is 3.66. The van der Waals surface area contributed by atoms with Crippen LogP contribution in [-0.4, -0.2) is 40.2 Å². The van der Waals surface area contributed by atoms with E-state index < -0.39 is 0 Å². The molecule has 0 radical (unpaired) electrons. The zero-order chi connectivity index (χ0) is 21.5. The van der Waals surface area contributed by atoms with Gasteiger partial charge in [0.05, 0.1) is 21.4 Å². The van der Waals surface area contributed by atoms with Crippen molar-refractivity contribution in [1.82, 2.24) is 25.8 Å². The molecule has 7 heteroatoms. The summed E-state index contributed by atoms with van der Waals surface area (Å²) in [6.45, 7) is 1.71. The van der Waals surface area contributed by atoms with Crippen LogP contribution in [0.2, 0.25) is 0 Å². The quantitative estimate of drug-likeness (QED) is 0.450. The molecular weight excluding hydrogens is 418 g/mol. The molecule has 1 aliphatic heterocycles. The van der Waals surface area contributed by atoms with Gasteiger partial charge in [-0.1, -0.05) is 36.4 Å². The van der Waals surface area contributed by atoms with E-state index in [2.05, 4.69) is 62.2 Å². The average Bonchev–Trinajstić information content (AvgIpc) is 3.58. The van der Waals surface area contributed by atoms with E-state index in [4.69, 9.17) is 0 Å². The maximum absolute atomic E-state index is 13.3. The summed E-state index contributed by atoms with van der Waals surface area (Å²) in [5, 5.41) is 14.7. The number of aromatic nitrogens is 3. The summed E-state index contributed by atoms with van der Waals surface area (Å²) < 4.78 is 1.16. The molecule has 0 spiro atoms. The average molecular weight is 444 g/mol. The second-order valence-corrected chi connectivity index (χ2v) is 9.68. The van der Waals surface area contributed by atoms with Crippen molar-refractivity contribution in [3.05, 3.63) is 70.9 Å². The number of benzene rings is 2. The lowest BCUT2D eigenvalue weighted by Gasteiger charge is -2.26. The normalized spacial score (nSPS) is 22.7. The van der Waals surface area contributed by atoms with Crippen molar-refractivity contribution in [3.63, 3.8) is 0 Å². The molecular formula is C25H25N5OS. The summed E-state index contributed by atoms with van der Waals surface area (Å²) in [6, 6.07) is 16.9. The van der Waals surface area contributed by atoms with Gasteiger partial charge in [-0.2, -0.15) is 5.10 Å². The van der Waals surface area contributed by atoms with Crippen LogP contribution >= 0.6 is 11.3 Å². The van der Waals surface area contributed by atoms with E-state index in [0.29, 0.717) is 5.92 Å². The minimum absolute atomic E-state index is 0.0250. The standard InChI is InChI=1S/C25H25N5OS/c31-25(28-22-13-26-12-19(22)15-4-2-1-3-5-15)17-7-8-20-18(10-17)24(30-29-20)16-6-9-21-23(11-16)32-14-27-21/h1-6,9,11,14,17,19,22,26H,7-8,10,12-13H2,(H,28,31)(H,29,30)/t17?,19-,22+/m1/s1. The van der Waals surface area contributed by atoms with Gasteiger partial charge in [0, 0.05) is 47.8 Å². The fourth-order valence-corrected chi connectivity index (χ4v) is 5.86. The molecule has 162 valence electrons. The SMILES string of the molecule is O=C(N[C@H]1CNC[C@@H]1c1ccccc1)C1CCc2[nH]nc(-c3ccc4ncsc4c3)c2C1. The molecule has 2 aliphatic rings. The highest BCUT2D eigenvalue weighted by molar-refractivity contribution is 7.16. The zero-order valence-corrected chi connectivity index (χ0v) is 18.5. The Bertz CT molecular complexity index is 1260. The van der Waals surface area contributed by atoms with Crippen LogP contribution in [0.25, 0.3) is 21.5 Å². The van der Waals surface area contributed by atoms with Crippen LogP contribution in [0.5, 0.6) is 0 Å². The molecule has 2 aromatic heterocycles. The van der Waals surface area contributed by atoms with Gasteiger partial charge in [0.15, 0.2) is 0 Å². The van der Waals surface area contributed by atoms with Gasteiger partial charge in [-0.15, -0.1) is 11.3 Å². The molecule has 0 bridgehead atoms. The Morgan fingerprint density at radius 1 is 1.12 bits per heavy atom. The topological polar surface area (TPSA) is 82.7 Å². The molecule has 3 heterocycles. The third-order valence-electron chi connectivity index (χ3n) is 6.89. The zero-order valence-electron chi connectivity index (χ0n) is 17.7. The molecule has 2 aromatic carbocycles. The molecule has 3 N–H and O–H groups in total.